The average Bonchev–Trinajstić information content (AvgIpc) is 2.55. The molecule has 1 aliphatic carbocycles. The fraction of sp³-hybridized carbons (Fsp3) is 0.588. The Morgan fingerprint density at radius 2 is 1.88 bits per heavy atom. The van der Waals surface area contributed by atoms with Gasteiger partial charge in [-0.3, -0.25) is 4.79 Å². The molecule has 1 aromatic rings. The Morgan fingerprint density at radius 1 is 1.25 bits per heavy atom. The predicted molar refractivity (Wildman–Crippen MR) is 95.9 cm³/mol. The zero-order chi connectivity index (χ0) is 17.9. The van der Waals surface area contributed by atoms with Gasteiger partial charge in [0.15, 0.2) is 0 Å². The smallest absolute Gasteiger partial charge is 0.253 e. The molecule has 134 valence electrons. The summed E-state index contributed by atoms with van der Waals surface area (Å²) in [5.41, 5.74) is 0.209. The SMILES string of the molecule is CC(C)N(C)S(=O)(=O)c1ccc(Cl)c(C(=O)NC2CCCCC2)c1. The lowest BCUT2D eigenvalue weighted by molar-refractivity contribution is 0.0927. The zero-order valence-corrected chi connectivity index (χ0v) is 16.0. The number of hydrogen-bond acceptors (Lipinski definition) is 3. The van der Waals surface area contributed by atoms with Crippen molar-refractivity contribution in [2.24, 2.45) is 0 Å². The van der Waals surface area contributed by atoms with E-state index in [4.69, 9.17) is 11.6 Å². The summed E-state index contributed by atoms with van der Waals surface area (Å²) in [5, 5.41) is 3.23. The van der Waals surface area contributed by atoms with Crippen molar-refractivity contribution < 1.29 is 13.2 Å². The van der Waals surface area contributed by atoms with Crippen molar-refractivity contribution >= 4 is 27.5 Å². The Morgan fingerprint density at radius 3 is 2.46 bits per heavy atom. The number of benzene rings is 1. The molecule has 1 aromatic carbocycles. The summed E-state index contributed by atoms with van der Waals surface area (Å²) in [6.07, 6.45) is 5.32. The third kappa shape index (κ3) is 4.29. The highest BCUT2D eigenvalue weighted by atomic mass is 35.5. The number of hydrogen-bond donors (Lipinski definition) is 1. The van der Waals surface area contributed by atoms with Gasteiger partial charge in [0.05, 0.1) is 15.5 Å². The maximum Gasteiger partial charge on any atom is 0.253 e. The second-order valence-electron chi connectivity index (χ2n) is 6.57. The number of halogens is 1. The van der Waals surface area contributed by atoms with Gasteiger partial charge in [0.25, 0.3) is 5.91 Å². The highest BCUT2D eigenvalue weighted by Gasteiger charge is 2.25. The summed E-state index contributed by atoms with van der Waals surface area (Å²) in [4.78, 5) is 12.6. The quantitative estimate of drug-likeness (QED) is 0.860. The number of amides is 1. The standard InChI is InChI=1S/C17H25ClN2O3S/c1-12(2)20(3)24(22,23)14-9-10-16(18)15(11-14)17(21)19-13-7-5-4-6-8-13/h9-13H,4-8H2,1-3H3,(H,19,21). The van der Waals surface area contributed by atoms with E-state index in [9.17, 15) is 13.2 Å². The molecule has 2 rings (SSSR count). The summed E-state index contributed by atoms with van der Waals surface area (Å²) in [6.45, 7) is 3.59. The fourth-order valence-electron chi connectivity index (χ4n) is 2.79. The van der Waals surface area contributed by atoms with Crippen LogP contribution in [0.25, 0.3) is 0 Å². The van der Waals surface area contributed by atoms with E-state index in [1.54, 1.807) is 13.8 Å². The Balaban J connectivity index is 2.26. The Hall–Kier alpha value is -1.11. The zero-order valence-electron chi connectivity index (χ0n) is 14.4. The van der Waals surface area contributed by atoms with Gasteiger partial charge in [-0.15, -0.1) is 0 Å². The fourth-order valence-corrected chi connectivity index (χ4v) is 4.39. The van der Waals surface area contributed by atoms with E-state index in [-0.39, 0.29) is 33.5 Å². The summed E-state index contributed by atoms with van der Waals surface area (Å²) in [5.74, 6) is -0.309. The number of nitrogens with zero attached hydrogens (tertiary/aromatic N) is 1. The molecule has 1 amide bonds. The van der Waals surface area contributed by atoms with Crippen molar-refractivity contribution in [2.75, 3.05) is 7.05 Å². The molecule has 1 fully saturated rings. The minimum Gasteiger partial charge on any atom is -0.349 e. The van der Waals surface area contributed by atoms with Crippen LogP contribution in [0.5, 0.6) is 0 Å². The first-order valence-electron chi connectivity index (χ1n) is 8.32. The first-order chi connectivity index (χ1) is 11.2. The molecule has 1 saturated carbocycles. The lowest BCUT2D eigenvalue weighted by Gasteiger charge is -2.23. The number of rotatable bonds is 5. The summed E-state index contributed by atoms with van der Waals surface area (Å²) in [7, 11) is -2.13. The second-order valence-corrected chi connectivity index (χ2v) is 8.97. The molecular weight excluding hydrogens is 348 g/mol. The van der Waals surface area contributed by atoms with Gasteiger partial charge in [0.1, 0.15) is 0 Å². The van der Waals surface area contributed by atoms with Gasteiger partial charge < -0.3 is 5.32 Å². The van der Waals surface area contributed by atoms with E-state index in [1.165, 1.54) is 36.0 Å². The molecule has 24 heavy (non-hydrogen) atoms. The van der Waals surface area contributed by atoms with E-state index in [0.717, 1.165) is 25.7 Å². The highest BCUT2D eigenvalue weighted by molar-refractivity contribution is 7.89. The van der Waals surface area contributed by atoms with Crippen molar-refractivity contribution in [2.45, 2.75) is 62.9 Å². The summed E-state index contributed by atoms with van der Waals surface area (Å²) >= 11 is 6.13. The van der Waals surface area contributed by atoms with Crippen molar-refractivity contribution in [1.82, 2.24) is 9.62 Å². The second kappa shape index (κ2) is 7.85. The summed E-state index contributed by atoms with van der Waals surface area (Å²) < 4.78 is 26.5. The molecule has 0 heterocycles. The van der Waals surface area contributed by atoms with E-state index >= 15 is 0 Å². The van der Waals surface area contributed by atoms with Gasteiger partial charge in [-0.05, 0) is 44.9 Å². The third-order valence-electron chi connectivity index (χ3n) is 4.53. The first-order valence-corrected chi connectivity index (χ1v) is 10.1. The molecule has 1 N–H and O–H groups in total. The third-order valence-corrected chi connectivity index (χ3v) is 6.89. The van der Waals surface area contributed by atoms with Crippen molar-refractivity contribution in [3.8, 4) is 0 Å². The van der Waals surface area contributed by atoms with Crippen LogP contribution in [0.15, 0.2) is 23.1 Å². The maximum atomic E-state index is 12.6. The predicted octanol–water partition coefficient (Wildman–Crippen LogP) is 3.43. The van der Waals surface area contributed by atoms with Crippen LogP contribution in [0.1, 0.15) is 56.3 Å². The molecule has 0 saturated heterocycles. The van der Waals surface area contributed by atoms with E-state index in [2.05, 4.69) is 5.32 Å². The number of carbonyl (C=O) groups excluding carboxylic acids is 1. The number of nitrogens with one attached hydrogen (secondary N) is 1. The van der Waals surface area contributed by atoms with Crippen molar-refractivity contribution in [3.05, 3.63) is 28.8 Å². The molecule has 5 nitrogen and oxygen atoms in total. The molecule has 0 bridgehead atoms. The van der Waals surface area contributed by atoms with Crippen LogP contribution in [0, 0.1) is 0 Å². The lowest BCUT2D eigenvalue weighted by atomic mass is 9.95. The van der Waals surface area contributed by atoms with Crippen LogP contribution in [-0.4, -0.2) is 37.8 Å². The van der Waals surface area contributed by atoms with Gasteiger partial charge in [0.2, 0.25) is 10.0 Å². The van der Waals surface area contributed by atoms with Gasteiger partial charge in [0, 0.05) is 19.1 Å². The lowest BCUT2D eigenvalue weighted by Crippen LogP contribution is -2.36. The van der Waals surface area contributed by atoms with E-state index in [0.29, 0.717) is 0 Å². The van der Waals surface area contributed by atoms with E-state index in [1.807, 2.05) is 0 Å². The molecule has 0 unspecified atom stereocenters. The molecule has 1 aliphatic rings. The minimum atomic E-state index is -3.65. The van der Waals surface area contributed by atoms with Crippen LogP contribution in [0.4, 0.5) is 0 Å². The van der Waals surface area contributed by atoms with Gasteiger partial charge >= 0.3 is 0 Å². The number of carbonyl (C=O) groups is 1. The van der Waals surface area contributed by atoms with Crippen LogP contribution in [-0.2, 0) is 10.0 Å². The first kappa shape index (κ1) is 19.2. The van der Waals surface area contributed by atoms with Gasteiger partial charge in [-0.2, -0.15) is 4.31 Å². The summed E-state index contributed by atoms with van der Waals surface area (Å²) in [6, 6.07) is 4.24. The minimum absolute atomic E-state index is 0.0805. The molecule has 0 atom stereocenters. The monoisotopic (exact) mass is 372 g/mol. The van der Waals surface area contributed by atoms with Crippen LogP contribution in [0.2, 0.25) is 5.02 Å². The van der Waals surface area contributed by atoms with Crippen molar-refractivity contribution in [3.63, 3.8) is 0 Å². The Labute approximate surface area is 149 Å². The Kier molecular flexibility index (Phi) is 6.28. The molecule has 0 radical (unpaired) electrons. The topological polar surface area (TPSA) is 66.5 Å². The van der Waals surface area contributed by atoms with E-state index < -0.39 is 10.0 Å². The molecule has 0 aliphatic heterocycles. The van der Waals surface area contributed by atoms with Gasteiger partial charge in [-0.25, -0.2) is 8.42 Å². The van der Waals surface area contributed by atoms with Crippen LogP contribution in [0.3, 0.4) is 0 Å². The molecule has 0 spiro atoms. The van der Waals surface area contributed by atoms with Crippen molar-refractivity contribution in [1.29, 1.82) is 0 Å². The molecule has 0 aromatic heterocycles. The highest BCUT2D eigenvalue weighted by Crippen LogP contribution is 2.24. The molecular formula is C17H25ClN2O3S. The normalized spacial score (nSPS) is 16.6. The maximum absolute atomic E-state index is 12.6. The Bertz CT molecular complexity index is 698. The average molecular weight is 373 g/mol. The van der Waals surface area contributed by atoms with Gasteiger partial charge in [-0.1, -0.05) is 30.9 Å². The van der Waals surface area contributed by atoms with Crippen LogP contribution < -0.4 is 5.32 Å². The molecule has 7 heteroatoms. The van der Waals surface area contributed by atoms with Crippen LogP contribution >= 0.6 is 11.6 Å². The number of sulfonamides is 1. The largest absolute Gasteiger partial charge is 0.349 e.